The van der Waals surface area contributed by atoms with Crippen molar-refractivity contribution < 1.29 is 5.11 Å². The molecule has 0 radical (unpaired) electrons. The van der Waals surface area contributed by atoms with Crippen molar-refractivity contribution in [3.05, 3.63) is 63.7 Å². The minimum atomic E-state index is -0.147. The Morgan fingerprint density at radius 1 is 0.694 bits per heavy atom. The molecule has 3 heteroatoms. The molecule has 0 aliphatic heterocycles. The molecule has 0 bridgehead atoms. The van der Waals surface area contributed by atoms with Crippen molar-refractivity contribution >= 4 is 12.4 Å². The number of nitrogens with zero attached hydrogens (tertiary/aromatic N) is 2. The molecule has 0 heterocycles. The maximum absolute atomic E-state index is 11.2. The van der Waals surface area contributed by atoms with Gasteiger partial charge in [0.05, 0.1) is 12.1 Å². The zero-order valence-electron chi connectivity index (χ0n) is 24.4. The predicted octanol–water partition coefficient (Wildman–Crippen LogP) is 8.44. The molecule has 3 nitrogen and oxygen atoms in total. The fraction of sp³-hybridized carbons (Fsp3) is 0.576. The number of rotatable bonds is 4. The number of hydrogen-bond acceptors (Lipinski definition) is 3. The molecule has 0 spiro atoms. The van der Waals surface area contributed by atoms with E-state index in [1.165, 1.54) is 35.1 Å². The van der Waals surface area contributed by atoms with Crippen LogP contribution in [0.15, 0.2) is 40.3 Å². The van der Waals surface area contributed by atoms with E-state index in [4.69, 9.17) is 9.98 Å². The monoisotopic (exact) mass is 488 g/mol. The van der Waals surface area contributed by atoms with Crippen molar-refractivity contribution in [1.29, 1.82) is 0 Å². The largest absolute Gasteiger partial charge is 0.507 e. The zero-order chi connectivity index (χ0) is 26.9. The molecule has 2 unspecified atom stereocenters. The van der Waals surface area contributed by atoms with Gasteiger partial charge in [0.2, 0.25) is 0 Å². The van der Waals surface area contributed by atoms with Gasteiger partial charge in [0.1, 0.15) is 5.75 Å². The van der Waals surface area contributed by atoms with E-state index in [2.05, 4.69) is 106 Å². The van der Waals surface area contributed by atoms with E-state index >= 15 is 0 Å². The highest BCUT2D eigenvalue weighted by molar-refractivity contribution is 5.85. The second-order valence-corrected chi connectivity index (χ2v) is 13.8. The molecule has 3 rings (SSSR count). The lowest BCUT2D eigenvalue weighted by atomic mass is 9.79. The number of benzene rings is 2. The highest BCUT2D eigenvalue weighted by Crippen LogP contribution is 2.37. The molecular formula is C33H48N2O. The summed E-state index contributed by atoms with van der Waals surface area (Å²) in [5.41, 5.74) is 6.74. The van der Waals surface area contributed by atoms with Gasteiger partial charge in [-0.25, -0.2) is 0 Å². The summed E-state index contributed by atoms with van der Waals surface area (Å²) in [4.78, 5) is 10.1. The minimum Gasteiger partial charge on any atom is -0.507 e. The highest BCUT2D eigenvalue weighted by Gasteiger charge is 2.26. The summed E-state index contributed by atoms with van der Waals surface area (Å²) in [6, 6.07) is 11.3. The first-order chi connectivity index (χ1) is 16.6. The van der Waals surface area contributed by atoms with Gasteiger partial charge < -0.3 is 5.11 Å². The Balaban J connectivity index is 1.91. The third-order valence-corrected chi connectivity index (χ3v) is 7.29. The maximum atomic E-state index is 11.2. The smallest absolute Gasteiger partial charge is 0.128 e. The molecule has 196 valence electrons. The van der Waals surface area contributed by atoms with Crippen molar-refractivity contribution in [3.63, 3.8) is 0 Å². The van der Waals surface area contributed by atoms with Crippen LogP contribution >= 0.6 is 0 Å². The summed E-state index contributed by atoms with van der Waals surface area (Å²) in [6.45, 7) is 22.0. The van der Waals surface area contributed by atoms with Crippen molar-refractivity contribution in [2.24, 2.45) is 9.98 Å². The van der Waals surface area contributed by atoms with E-state index < -0.39 is 0 Å². The van der Waals surface area contributed by atoms with Crippen molar-refractivity contribution in [2.75, 3.05) is 0 Å². The van der Waals surface area contributed by atoms with Crippen LogP contribution in [0.4, 0.5) is 0 Å². The molecule has 2 aromatic carbocycles. The Labute approximate surface area is 220 Å². The van der Waals surface area contributed by atoms with E-state index in [0.29, 0.717) is 5.75 Å². The molecule has 1 aliphatic carbocycles. The Morgan fingerprint density at radius 3 is 1.75 bits per heavy atom. The molecule has 0 amide bonds. The summed E-state index contributed by atoms with van der Waals surface area (Å²) >= 11 is 0. The number of aliphatic imine (C=N–C) groups is 2. The van der Waals surface area contributed by atoms with Gasteiger partial charge in [-0.15, -0.1) is 0 Å². The van der Waals surface area contributed by atoms with Crippen LogP contribution in [0.3, 0.4) is 0 Å². The topological polar surface area (TPSA) is 45.0 Å². The molecule has 2 atom stereocenters. The van der Waals surface area contributed by atoms with Crippen LogP contribution in [-0.2, 0) is 16.2 Å². The molecule has 0 saturated heterocycles. The lowest BCUT2D eigenvalue weighted by Crippen LogP contribution is -2.27. The average molecular weight is 489 g/mol. The first kappa shape index (κ1) is 28.2. The zero-order valence-corrected chi connectivity index (χ0v) is 24.4. The van der Waals surface area contributed by atoms with E-state index in [1.54, 1.807) is 0 Å². The molecule has 0 aromatic heterocycles. The molecule has 2 aromatic rings. The molecule has 1 fully saturated rings. The molecule has 36 heavy (non-hydrogen) atoms. The van der Waals surface area contributed by atoms with Crippen LogP contribution in [0.25, 0.3) is 0 Å². The standard InChI is InChI=1S/C33H48N2O/c1-22-15-23(17-25(16-22)31(2,3)4)20-34-28-13-11-12-14-29(28)35-21-24-18-26(32(5,6)7)19-27(30(24)36)33(8,9)10/h15-21,28-29,36H,11-14H2,1-10H3. The first-order valence-electron chi connectivity index (χ1n) is 13.6. The van der Waals surface area contributed by atoms with Crippen LogP contribution in [0.5, 0.6) is 5.75 Å². The van der Waals surface area contributed by atoms with Gasteiger partial charge in [-0.05, 0) is 64.8 Å². The highest BCUT2D eigenvalue weighted by atomic mass is 16.3. The van der Waals surface area contributed by atoms with Gasteiger partial charge in [-0.3, -0.25) is 9.98 Å². The Hall–Kier alpha value is -2.42. The SMILES string of the molecule is Cc1cc(C=NC2CCCCC2N=Cc2cc(C(C)(C)C)cc(C(C)(C)C)c2O)cc(C(C)(C)C)c1. The average Bonchev–Trinajstić information content (AvgIpc) is 2.75. The van der Waals surface area contributed by atoms with Crippen LogP contribution in [0, 0.1) is 6.92 Å². The second kappa shape index (κ2) is 10.5. The van der Waals surface area contributed by atoms with Crippen LogP contribution in [0.1, 0.15) is 121 Å². The number of phenolic OH excluding ortho intramolecular Hbond substituents is 1. The normalized spacial score (nSPS) is 19.9. The third kappa shape index (κ3) is 7.08. The van der Waals surface area contributed by atoms with Gasteiger partial charge in [0.15, 0.2) is 0 Å². The summed E-state index contributed by atoms with van der Waals surface area (Å²) in [7, 11) is 0. The summed E-state index contributed by atoms with van der Waals surface area (Å²) in [6.07, 6.45) is 8.41. The van der Waals surface area contributed by atoms with Gasteiger partial charge >= 0.3 is 0 Å². The summed E-state index contributed by atoms with van der Waals surface area (Å²) in [5.74, 6) is 0.351. The number of aryl methyl sites for hydroxylation is 1. The van der Waals surface area contributed by atoms with E-state index in [0.717, 1.165) is 24.0 Å². The van der Waals surface area contributed by atoms with Crippen LogP contribution in [-0.4, -0.2) is 29.6 Å². The lowest BCUT2D eigenvalue weighted by Gasteiger charge is -2.28. The minimum absolute atomic E-state index is 0.00627. The van der Waals surface area contributed by atoms with Crippen LogP contribution in [0.2, 0.25) is 0 Å². The van der Waals surface area contributed by atoms with Crippen molar-refractivity contribution in [1.82, 2.24) is 0 Å². The second-order valence-electron chi connectivity index (χ2n) is 13.8. The first-order valence-corrected chi connectivity index (χ1v) is 13.6. The maximum Gasteiger partial charge on any atom is 0.128 e. The Kier molecular flexibility index (Phi) is 8.23. The van der Waals surface area contributed by atoms with E-state index in [-0.39, 0.29) is 28.3 Å². The third-order valence-electron chi connectivity index (χ3n) is 7.29. The Morgan fingerprint density at radius 2 is 1.22 bits per heavy atom. The Bertz CT molecular complexity index is 1120. The van der Waals surface area contributed by atoms with Gasteiger partial charge in [-0.2, -0.15) is 0 Å². The quantitative estimate of drug-likeness (QED) is 0.431. The number of aromatic hydroxyl groups is 1. The van der Waals surface area contributed by atoms with Gasteiger partial charge in [-0.1, -0.05) is 98.9 Å². The van der Waals surface area contributed by atoms with Gasteiger partial charge in [0.25, 0.3) is 0 Å². The molecule has 1 saturated carbocycles. The van der Waals surface area contributed by atoms with E-state index in [1.807, 2.05) is 6.21 Å². The fourth-order valence-electron chi connectivity index (χ4n) is 4.88. The number of hydrogen-bond donors (Lipinski definition) is 1. The van der Waals surface area contributed by atoms with Crippen molar-refractivity contribution in [2.45, 2.75) is 123 Å². The van der Waals surface area contributed by atoms with Crippen LogP contribution < -0.4 is 0 Å². The predicted molar refractivity (Wildman–Crippen MR) is 157 cm³/mol. The molecule has 1 aliphatic rings. The van der Waals surface area contributed by atoms with E-state index in [9.17, 15) is 5.11 Å². The summed E-state index contributed by atoms with van der Waals surface area (Å²) < 4.78 is 0. The summed E-state index contributed by atoms with van der Waals surface area (Å²) in [5, 5.41) is 11.2. The molecule has 1 N–H and O–H groups in total. The fourth-order valence-corrected chi connectivity index (χ4v) is 4.88. The van der Waals surface area contributed by atoms with Gasteiger partial charge in [0, 0.05) is 23.6 Å². The molecular weight excluding hydrogens is 440 g/mol. The lowest BCUT2D eigenvalue weighted by molar-refractivity contribution is 0.390. The number of phenols is 1. The van der Waals surface area contributed by atoms with Crippen molar-refractivity contribution in [3.8, 4) is 5.75 Å².